The van der Waals surface area contributed by atoms with E-state index in [9.17, 15) is 9.90 Å². The van der Waals surface area contributed by atoms with E-state index >= 15 is 0 Å². The number of halogens is 2. The molecule has 0 radical (unpaired) electrons. The van der Waals surface area contributed by atoms with E-state index in [1.807, 2.05) is 30.3 Å². The Bertz CT molecular complexity index is 1550. The van der Waals surface area contributed by atoms with Crippen LogP contribution in [0.15, 0.2) is 90.0 Å². The van der Waals surface area contributed by atoms with Crippen LogP contribution in [0, 0.1) is 0 Å². The fourth-order valence-corrected chi connectivity index (χ4v) is 4.02. The Balaban J connectivity index is 1.75. The van der Waals surface area contributed by atoms with Crippen molar-refractivity contribution in [2.75, 3.05) is 0 Å². The zero-order chi connectivity index (χ0) is 21.5. The van der Waals surface area contributed by atoms with Crippen LogP contribution in [0.1, 0.15) is 5.56 Å². The van der Waals surface area contributed by atoms with Crippen LogP contribution in [0.4, 0.5) is 0 Å². The van der Waals surface area contributed by atoms with Crippen LogP contribution in [0.2, 0.25) is 0 Å². The van der Waals surface area contributed by atoms with Gasteiger partial charge in [-0.1, -0.05) is 44.0 Å². The van der Waals surface area contributed by atoms with E-state index < -0.39 is 0 Å². The molecule has 0 aliphatic rings. The van der Waals surface area contributed by atoms with Gasteiger partial charge in [-0.3, -0.25) is 4.79 Å². The van der Waals surface area contributed by atoms with Crippen molar-refractivity contribution >= 4 is 59.9 Å². The molecule has 0 saturated carbocycles. The van der Waals surface area contributed by atoms with Gasteiger partial charge in [0, 0.05) is 19.9 Å². The second kappa shape index (κ2) is 7.79. The molecular formula is C23H13Br2N3O3. The van der Waals surface area contributed by atoms with Crippen LogP contribution < -0.4 is 5.56 Å². The highest BCUT2D eigenvalue weighted by atomic mass is 79.9. The molecule has 8 heteroatoms. The molecule has 0 spiro atoms. The monoisotopic (exact) mass is 537 g/mol. The Kier molecular flexibility index (Phi) is 4.95. The number of fused-ring (bicyclic) bond motifs is 2. The topological polar surface area (TPSA) is 80.6 Å². The van der Waals surface area contributed by atoms with Gasteiger partial charge in [0.1, 0.15) is 11.3 Å². The third-order valence-electron chi connectivity index (χ3n) is 4.75. The minimum Gasteiger partial charge on any atom is -0.507 e. The summed E-state index contributed by atoms with van der Waals surface area (Å²) in [5.74, 6) is 0.720. The summed E-state index contributed by atoms with van der Waals surface area (Å²) >= 11 is 6.83. The van der Waals surface area contributed by atoms with Crippen LogP contribution in [0.5, 0.6) is 5.75 Å². The van der Waals surface area contributed by atoms with Gasteiger partial charge < -0.3 is 9.52 Å². The van der Waals surface area contributed by atoms with Crippen LogP contribution >= 0.6 is 31.9 Å². The van der Waals surface area contributed by atoms with E-state index in [4.69, 9.17) is 4.42 Å². The minimum atomic E-state index is -0.340. The molecule has 1 N–H and O–H groups in total. The fourth-order valence-electron chi connectivity index (χ4n) is 3.26. The highest BCUT2D eigenvalue weighted by Gasteiger charge is 2.16. The maximum Gasteiger partial charge on any atom is 0.282 e. The summed E-state index contributed by atoms with van der Waals surface area (Å²) in [6.07, 6.45) is 1.42. The molecule has 152 valence electrons. The average molecular weight is 539 g/mol. The van der Waals surface area contributed by atoms with Crippen LogP contribution in [0.25, 0.3) is 33.5 Å². The molecule has 0 aliphatic heterocycles. The first-order chi connectivity index (χ1) is 15.0. The summed E-state index contributed by atoms with van der Waals surface area (Å²) < 4.78 is 8.86. The molecule has 0 atom stereocenters. The second-order valence-electron chi connectivity index (χ2n) is 6.81. The number of nitrogens with zero attached hydrogens (tertiary/aromatic N) is 3. The third kappa shape index (κ3) is 3.68. The van der Waals surface area contributed by atoms with E-state index in [2.05, 4.69) is 41.9 Å². The number of aromatic nitrogens is 2. The predicted molar refractivity (Wildman–Crippen MR) is 128 cm³/mol. The van der Waals surface area contributed by atoms with Gasteiger partial charge in [-0.15, -0.1) is 0 Å². The normalized spacial score (nSPS) is 11.7. The molecule has 5 rings (SSSR count). The van der Waals surface area contributed by atoms with Crippen molar-refractivity contribution in [3.05, 3.63) is 91.6 Å². The quantitative estimate of drug-likeness (QED) is 0.289. The SMILES string of the molecule is O=c1c2ccccc2nc(-c2cc3cc(Br)ccc3o2)n1N=Cc1cc(Br)ccc1O. The average Bonchev–Trinajstić information content (AvgIpc) is 3.18. The lowest BCUT2D eigenvalue weighted by atomic mass is 10.2. The first-order valence-electron chi connectivity index (χ1n) is 9.24. The van der Waals surface area contributed by atoms with E-state index in [0.717, 1.165) is 14.3 Å². The molecule has 0 fully saturated rings. The molecule has 2 heterocycles. The zero-order valence-electron chi connectivity index (χ0n) is 15.8. The largest absolute Gasteiger partial charge is 0.507 e. The second-order valence-corrected chi connectivity index (χ2v) is 8.64. The highest BCUT2D eigenvalue weighted by molar-refractivity contribution is 9.10. The summed E-state index contributed by atoms with van der Waals surface area (Å²) in [4.78, 5) is 17.9. The third-order valence-corrected chi connectivity index (χ3v) is 5.74. The summed E-state index contributed by atoms with van der Waals surface area (Å²) in [6.45, 7) is 0. The van der Waals surface area contributed by atoms with Gasteiger partial charge in [-0.05, 0) is 54.6 Å². The van der Waals surface area contributed by atoms with Gasteiger partial charge in [0.25, 0.3) is 5.56 Å². The minimum absolute atomic E-state index is 0.0453. The number of phenolic OH excluding ortho intramolecular Hbond substituents is 1. The predicted octanol–water partition coefficient (Wildman–Crippen LogP) is 5.92. The Hall–Kier alpha value is -3.23. The number of para-hydroxylation sites is 1. The summed E-state index contributed by atoms with van der Waals surface area (Å²) in [6, 6.07) is 19.5. The van der Waals surface area contributed by atoms with E-state index in [0.29, 0.717) is 27.8 Å². The Morgan fingerprint density at radius 1 is 1.00 bits per heavy atom. The van der Waals surface area contributed by atoms with Crippen molar-refractivity contribution < 1.29 is 9.52 Å². The van der Waals surface area contributed by atoms with Crippen LogP contribution in [-0.4, -0.2) is 21.0 Å². The molecule has 0 bridgehead atoms. The van der Waals surface area contributed by atoms with E-state index in [1.165, 1.54) is 10.9 Å². The van der Waals surface area contributed by atoms with Gasteiger partial charge >= 0.3 is 0 Å². The molecule has 2 aromatic heterocycles. The smallest absolute Gasteiger partial charge is 0.282 e. The molecule has 0 unspecified atom stereocenters. The number of benzene rings is 3. The lowest BCUT2D eigenvalue weighted by molar-refractivity contribution is 0.474. The molecule has 0 amide bonds. The molecule has 6 nitrogen and oxygen atoms in total. The van der Waals surface area contributed by atoms with Crippen molar-refractivity contribution in [3.63, 3.8) is 0 Å². The lowest BCUT2D eigenvalue weighted by Crippen LogP contribution is -2.20. The first kappa shape index (κ1) is 19.7. The van der Waals surface area contributed by atoms with Gasteiger partial charge in [-0.25, -0.2) is 4.98 Å². The van der Waals surface area contributed by atoms with Gasteiger partial charge in [0.05, 0.1) is 17.1 Å². The maximum absolute atomic E-state index is 13.3. The van der Waals surface area contributed by atoms with Crippen molar-refractivity contribution in [1.82, 2.24) is 9.66 Å². The van der Waals surface area contributed by atoms with Gasteiger partial charge in [0.15, 0.2) is 5.76 Å². The summed E-state index contributed by atoms with van der Waals surface area (Å²) in [5.41, 5.74) is 1.32. The Morgan fingerprint density at radius 2 is 1.77 bits per heavy atom. The lowest BCUT2D eigenvalue weighted by Gasteiger charge is -2.07. The molecular weight excluding hydrogens is 526 g/mol. The van der Waals surface area contributed by atoms with Crippen molar-refractivity contribution in [1.29, 1.82) is 0 Å². The standard InChI is InChI=1S/C23H13Br2N3O3/c24-15-5-7-19(29)14(10-15)12-26-28-22(27-18-4-2-1-3-17(18)23(28)30)21-11-13-9-16(25)6-8-20(13)31-21/h1-12,29H. The highest BCUT2D eigenvalue weighted by Crippen LogP contribution is 2.29. The number of aromatic hydroxyl groups is 1. The number of hydrogen-bond acceptors (Lipinski definition) is 5. The molecule has 3 aromatic carbocycles. The van der Waals surface area contributed by atoms with Crippen LogP contribution in [0.3, 0.4) is 0 Å². The Morgan fingerprint density at radius 3 is 2.65 bits per heavy atom. The summed E-state index contributed by atoms with van der Waals surface area (Å²) in [5, 5.41) is 15.8. The van der Waals surface area contributed by atoms with Gasteiger partial charge in [-0.2, -0.15) is 9.78 Å². The van der Waals surface area contributed by atoms with Crippen molar-refractivity contribution in [2.24, 2.45) is 5.10 Å². The maximum atomic E-state index is 13.3. The van der Waals surface area contributed by atoms with Crippen molar-refractivity contribution in [2.45, 2.75) is 0 Å². The molecule has 5 aromatic rings. The first-order valence-corrected chi connectivity index (χ1v) is 10.8. The van der Waals surface area contributed by atoms with E-state index in [1.54, 1.807) is 36.4 Å². The van der Waals surface area contributed by atoms with E-state index in [-0.39, 0.29) is 17.1 Å². The number of furan rings is 1. The zero-order valence-corrected chi connectivity index (χ0v) is 19.0. The molecule has 0 aliphatic carbocycles. The number of rotatable bonds is 3. The van der Waals surface area contributed by atoms with Gasteiger partial charge in [0.2, 0.25) is 5.82 Å². The molecule has 31 heavy (non-hydrogen) atoms. The van der Waals surface area contributed by atoms with Crippen LogP contribution in [-0.2, 0) is 0 Å². The fraction of sp³-hybridized carbons (Fsp3) is 0. The summed E-state index contributed by atoms with van der Waals surface area (Å²) in [7, 11) is 0. The number of phenols is 1. The molecule has 0 saturated heterocycles. The Labute approximate surface area is 192 Å². The number of hydrogen-bond donors (Lipinski definition) is 1. The van der Waals surface area contributed by atoms with Crippen molar-refractivity contribution in [3.8, 4) is 17.3 Å².